The third-order valence-electron chi connectivity index (χ3n) is 5.24. The van der Waals surface area contributed by atoms with Crippen LogP contribution in [0.3, 0.4) is 0 Å². The van der Waals surface area contributed by atoms with Crippen LogP contribution in [0.2, 0.25) is 0 Å². The number of ether oxygens (including phenoxy) is 2. The van der Waals surface area contributed by atoms with Crippen LogP contribution in [0.1, 0.15) is 25.5 Å². The number of aliphatic imine (C=N–C) groups is 1. The minimum atomic E-state index is 0.126. The van der Waals surface area contributed by atoms with Crippen LogP contribution in [-0.2, 0) is 16.0 Å². The molecule has 2 unspecified atom stereocenters. The first-order valence-corrected chi connectivity index (χ1v) is 9.94. The summed E-state index contributed by atoms with van der Waals surface area (Å²) in [5.74, 6) is 0.929. The molecule has 3 heterocycles. The Balaban J connectivity index is 1.51. The standard InChI is InChI=1S/C21H28N4O2/c1-2-22-21(25-11-13-27-20(15-25)19-8-5-12-26-19)24-14-18-17-7-4-3-6-16(17)9-10-23-18/h3-4,6-7,9-10,19-20H,2,5,8,11-15H2,1H3,(H,22,24). The number of nitrogens with one attached hydrogen (secondary N) is 1. The second kappa shape index (κ2) is 8.67. The lowest BCUT2D eigenvalue weighted by molar-refractivity contribution is -0.0817. The van der Waals surface area contributed by atoms with Crippen molar-refractivity contribution >= 4 is 16.7 Å². The van der Waals surface area contributed by atoms with E-state index < -0.39 is 0 Å². The molecule has 6 heteroatoms. The minimum absolute atomic E-state index is 0.126. The second-order valence-corrected chi connectivity index (χ2v) is 7.06. The number of pyridine rings is 1. The third kappa shape index (κ3) is 4.22. The normalized spacial score (nSPS) is 23.7. The fourth-order valence-corrected chi connectivity index (χ4v) is 3.87. The molecule has 1 aromatic heterocycles. The van der Waals surface area contributed by atoms with Crippen LogP contribution in [-0.4, -0.2) is 60.9 Å². The molecule has 0 bridgehead atoms. The van der Waals surface area contributed by atoms with Gasteiger partial charge in [-0.15, -0.1) is 0 Å². The van der Waals surface area contributed by atoms with E-state index in [-0.39, 0.29) is 12.2 Å². The lowest BCUT2D eigenvalue weighted by Crippen LogP contribution is -2.53. The van der Waals surface area contributed by atoms with Gasteiger partial charge in [-0.3, -0.25) is 4.98 Å². The average Bonchev–Trinajstić information content (AvgIpc) is 3.26. The fourth-order valence-electron chi connectivity index (χ4n) is 3.87. The van der Waals surface area contributed by atoms with Gasteiger partial charge in [-0.1, -0.05) is 24.3 Å². The summed E-state index contributed by atoms with van der Waals surface area (Å²) in [6.45, 7) is 6.73. The molecule has 2 aromatic rings. The average molecular weight is 368 g/mol. The summed E-state index contributed by atoms with van der Waals surface area (Å²) in [7, 11) is 0. The first kappa shape index (κ1) is 18.2. The van der Waals surface area contributed by atoms with Gasteiger partial charge in [-0.2, -0.15) is 0 Å². The molecule has 1 aromatic carbocycles. The van der Waals surface area contributed by atoms with E-state index in [2.05, 4.69) is 46.4 Å². The highest BCUT2D eigenvalue weighted by Gasteiger charge is 2.32. The SMILES string of the molecule is CCNC(=NCc1nccc2ccccc12)N1CCOC(C2CCCO2)C1. The fraction of sp³-hybridized carbons (Fsp3) is 0.524. The summed E-state index contributed by atoms with van der Waals surface area (Å²) < 4.78 is 11.8. The summed E-state index contributed by atoms with van der Waals surface area (Å²) in [5.41, 5.74) is 1.01. The summed E-state index contributed by atoms with van der Waals surface area (Å²) in [4.78, 5) is 11.8. The number of rotatable bonds is 4. The Morgan fingerprint density at radius 3 is 2.96 bits per heavy atom. The van der Waals surface area contributed by atoms with E-state index in [0.29, 0.717) is 13.2 Å². The highest BCUT2D eigenvalue weighted by atomic mass is 16.5. The van der Waals surface area contributed by atoms with E-state index in [9.17, 15) is 0 Å². The van der Waals surface area contributed by atoms with Crippen LogP contribution in [0, 0.1) is 0 Å². The van der Waals surface area contributed by atoms with Gasteiger partial charge in [0.1, 0.15) is 6.10 Å². The van der Waals surface area contributed by atoms with Crippen molar-refractivity contribution in [1.82, 2.24) is 15.2 Å². The molecule has 2 atom stereocenters. The first-order chi connectivity index (χ1) is 13.3. The number of morpholine rings is 1. The van der Waals surface area contributed by atoms with Gasteiger partial charge in [0.2, 0.25) is 0 Å². The van der Waals surface area contributed by atoms with Crippen molar-refractivity contribution in [2.24, 2.45) is 4.99 Å². The van der Waals surface area contributed by atoms with Crippen LogP contribution >= 0.6 is 0 Å². The molecule has 0 radical (unpaired) electrons. The number of fused-ring (bicyclic) bond motifs is 1. The van der Waals surface area contributed by atoms with Crippen molar-refractivity contribution in [3.05, 3.63) is 42.2 Å². The molecule has 144 valence electrons. The zero-order valence-corrected chi connectivity index (χ0v) is 15.9. The molecular formula is C21H28N4O2. The van der Waals surface area contributed by atoms with Crippen LogP contribution in [0.15, 0.2) is 41.5 Å². The molecule has 0 aliphatic carbocycles. The molecule has 1 N–H and O–H groups in total. The van der Waals surface area contributed by atoms with E-state index in [0.717, 1.165) is 50.7 Å². The molecule has 27 heavy (non-hydrogen) atoms. The van der Waals surface area contributed by atoms with Crippen LogP contribution in [0.25, 0.3) is 10.8 Å². The van der Waals surface area contributed by atoms with Crippen LogP contribution in [0.5, 0.6) is 0 Å². The number of nitrogens with zero attached hydrogens (tertiary/aromatic N) is 3. The molecule has 2 fully saturated rings. The second-order valence-electron chi connectivity index (χ2n) is 7.06. The van der Waals surface area contributed by atoms with Gasteiger partial charge in [0.05, 0.1) is 24.9 Å². The molecule has 0 saturated carbocycles. The van der Waals surface area contributed by atoms with Gasteiger partial charge in [-0.05, 0) is 31.2 Å². The van der Waals surface area contributed by atoms with Gasteiger partial charge < -0.3 is 19.7 Å². The zero-order chi connectivity index (χ0) is 18.5. The molecule has 2 aliphatic heterocycles. The third-order valence-corrected chi connectivity index (χ3v) is 5.24. The molecule has 2 saturated heterocycles. The Bertz CT molecular complexity index is 783. The smallest absolute Gasteiger partial charge is 0.194 e. The molecule has 4 rings (SSSR count). The van der Waals surface area contributed by atoms with E-state index in [4.69, 9.17) is 14.5 Å². The Kier molecular flexibility index (Phi) is 5.84. The Morgan fingerprint density at radius 2 is 2.11 bits per heavy atom. The highest BCUT2D eigenvalue weighted by molar-refractivity contribution is 5.85. The number of hydrogen-bond donors (Lipinski definition) is 1. The van der Waals surface area contributed by atoms with Crippen molar-refractivity contribution in [2.75, 3.05) is 32.8 Å². The van der Waals surface area contributed by atoms with Gasteiger partial charge >= 0.3 is 0 Å². The molecule has 6 nitrogen and oxygen atoms in total. The molecule has 0 amide bonds. The Hall–Kier alpha value is -2.18. The summed E-state index contributed by atoms with van der Waals surface area (Å²) in [6.07, 6.45) is 4.43. The van der Waals surface area contributed by atoms with Crippen molar-refractivity contribution in [1.29, 1.82) is 0 Å². The quantitative estimate of drug-likeness (QED) is 0.664. The number of hydrogen-bond acceptors (Lipinski definition) is 4. The highest BCUT2D eigenvalue weighted by Crippen LogP contribution is 2.21. The van der Waals surface area contributed by atoms with Crippen molar-refractivity contribution in [3.8, 4) is 0 Å². The van der Waals surface area contributed by atoms with Crippen molar-refractivity contribution < 1.29 is 9.47 Å². The van der Waals surface area contributed by atoms with E-state index in [1.54, 1.807) is 0 Å². The van der Waals surface area contributed by atoms with E-state index >= 15 is 0 Å². The van der Waals surface area contributed by atoms with Crippen molar-refractivity contribution in [2.45, 2.75) is 38.5 Å². The largest absolute Gasteiger partial charge is 0.375 e. The number of aromatic nitrogens is 1. The van der Waals surface area contributed by atoms with Crippen LogP contribution in [0.4, 0.5) is 0 Å². The van der Waals surface area contributed by atoms with Gasteiger partial charge in [0, 0.05) is 37.8 Å². The first-order valence-electron chi connectivity index (χ1n) is 9.94. The maximum absolute atomic E-state index is 5.98. The monoisotopic (exact) mass is 368 g/mol. The van der Waals surface area contributed by atoms with E-state index in [1.165, 1.54) is 10.8 Å². The summed E-state index contributed by atoms with van der Waals surface area (Å²) in [5, 5.41) is 5.80. The molecular weight excluding hydrogens is 340 g/mol. The molecule has 2 aliphatic rings. The van der Waals surface area contributed by atoms with E-state index in [1.807, 2.05) is 12.3 Å². The number of benzene rings is 1. The lowest BCUT2D eigenvalue weighted by atomic mass is 10.1. The zero-order valence-electron chi connectivity index (χ0n) is 15.9. The predicted octanol–water partition coefficient (Wildman–Crippen LogP) is 2.58. The maximum Gasteiger partial charge on any atom is 0.194 e. The lowest BCUT2D eigenvalue weighted by Gasteiger charge is -2.37. The van der Waals surface area contributed by atoms with Gasteiger partial charge in [0.25, 0.3) is 0 Å². The Morgan fingerprint density at radius 1 is 1.22 bits per heavy atom. The summed E-state index contributed by atoms with van der Waals surface area (Å²) in [6, 6.07) is 10.4. The maximum atomic E-state index is 5.98. The van der Waals surface area contributed by atoms with Gasteiger partial charge in [-0.25, -0.2) is 4.99 Å². The van der Waals surface area contributed by atoms with Gasteiger partial charge in [0.15, 0.2) is 5.96 Å². The predicted molar refractivity (Wildman–Crippen MR) is 107 cm³/mol. The minimum Gasteiger partial charge on any atom is -0.375 e. The summed E-state index contributed by atoms with van der Waals surface area (Å²) >= 11 is 0. The molecule has 0 spiro atoms. The van der Waals surface area contributed by atoms with Crippen molar-refractivity contribution in [3.63, 3.8) is 0 Å². The van der Waals surface area contributed by atoms with Crippen LogP contribution < -0.4 is 5.32 Å². The topological polar surface area (TPSA) is 59.0 Å². The Labute approximate surface area is 160 Å². The number of guanidine groups is 1.